The molecule has 1 aliphatic rings. The fraction of sp³-hybridized carbons (Fsp3) is 0.929. The molecule has 3 N–H and O–H groups in total. The Balaban J connectivity index is 2.42. The van der Waals surface area contributed by atoms with E-state index < -0.39 is 0 Å². The van der Waals surface area contributed by atoms with Crippen molar-refractivity contribution < 1.29 is 4.79 Å². The molecular weight excluding hydrogens is 212 g/mol. The van der Waals surface area contributed by atoms with Gasteiger partial charge >= 0.3 is 0 Å². The zero-order valence-electron chi connectivity index (χ0n) is 11.8. The molecule has 0 bridgehead atoms. The summed E-state index contributed by atoms with van der Waals surface area (Å²) in [4.78, 5) is 12.1. The van der Waals surface area contributed by atoms with Gasteiger partial charge in [0.15, 0.2) is 0 Å². The molecule has 0 aliphatic heterocycles. The molecule has 0 unspecified atom stereocenters. The Morgan fingerprint density at radius 1 is 1.41 bits per heavy atom. The van der Waals surface area contributed by atoms with Gasteiger partial charge < -0.3 is 11.1 Å². The Morgan fingerprint density at radius 3 is 2.35 bits per heavy atom. The standard InChI is InChI=1S/C14H28N2O/c1-11(2)8-13(3,4)10-16-12(17)14(9-15)6-5-7-14/h11H,5-10,15H2,1-4H3,(H,16,17). The summed E-state index contributed by atoms with van der Waals surface area (Å²) in [5.74, 6) is 0.831. The Morgan fingerprint density at radius 2 is 2.00 bits per heavy atom. The molecule has 3 nitrogen and oxygen atoms in total. The molecule has 0 aromatic rings. The minimum absolute atomic E-state index is 0.170. The van der Waals surface area contributed by atoms with Crippen LogP contribution in [0.25, 0.3) is 0 Å². The number of nitrogens with one attached hydrogen (secondary N) is 1. The SMILES string of the molecule is CC(C)CC(C)(C)CNC(=O)C1(CN)CCC1. The Labute approximate surface area is 106 Å². The van der Waals surface area contributed by atoms with Crippen LogP contribution < -0.4 is 11.1 Å². The number of hydrogen-bond acceptors (Lipinski definition) is 2. The Kier molecular flexibility index (Phi) is 4.59. The van der Waals surface area contributed by atoms with Crippen LogP contribution >= 0.6 is 0 Å². The second-order valence-electron chi connectivity index (χ2n) is 6.78. The van der Waals surface area contributed by atoms with E-state index in [1.165, 1.54) is 0 Å². The van der Waals surface area contributed by atoms with E-state index >= 15 is 0 Å². The van der Waals surface area contributed by atoms with Gasteiger partial charge in [0.1, 0.15) is 0 Å². The minimum Gasteiger partial charge on any atom is -0.355 e. The molecule has 1 fully saturated rings. The molecule has 1 rings (SSSR count). The van der Waals surface area contributed by atoms with Crippen LogP contribution in [0.4, 0.5) is 0 Å². The van der Waals surface area contributed by atoms with Gasteiger partial charge in [0.25, 0.3) is 0 Å². The third kappa shape index (κ3) is 3.70. The van der Waals surface area contributed by atoms with Crippen molar-refractivity contribution in [1.29, 1.82) is 0 Å². The summed E-state index contributed by atoms with van der Waals surface area (Å²) in [5, 5.41) is 3.10. The zero-order chi connectivity index (χ0) is 13.1. The smallest absolute Gasteiger partial charge is 0.227 e. The van der Waals surface area contributed by atoms with Crippen LogP contribution in [0, 0.1) is 16.7 Å². The van der Waals surface area contributed by atoms with E-state index in [9.17, 15) is 4.79 Å². The second-order valence-corrected chi connectivity index (χ2v) is 6.78. The third-order valence-electron chi connectivity index (χ3n) is 3.87. The molecule has 0 aromatic heterocycles. The first-order valence-corrected chi connectivity index (χ1v) is 6.80. The van der Waals surface area contributed by atoms with E-state index in [4.69, 9.17) is 5.73 Å². The van der Waals surface area contributed by atoms with E-state index in [2.05, 4.69) is 33.0 Å². The summed E-state index contributed by atoms with van der Waals surface area (Å²) in [6.45, 7) is 10.1. The van der Waals surface area contributed by atoms with Crippen LogP contribution in [0.3, 0.4) is 0 Å². The van der Waals surface area contributed by atoms with Gasteiger partial charge in [0.2, 0.25) is 5.91 Å². The maximum atomic E-state index is 12.1. The monoisotopic (exact) mass is 240 g/mol. The molecule has 1 amide bonds. The molecule has 0 aromatic carbocycles. The largest absolute Gasteiger partial charge is 0.355 e. The van der Waals surface area contributed by atoms with Crippen LogP contribution in [0.1, 0.15) is 53.4 Å². The first kappa shape index (κ1) is 14.5. The first-order chi connectivity index (χ1) is 7.81. The van der Waals surface area contributed by atoms with Crippen molar-refractivity contribution in [3.05, 3.63) is 0 Å². The lowest BCUT2D eigenvalue weighted by atomic mass is 9.68. The van der Waals surface area contributed by atoms with Crippen molar-refractivity contribution in [3.63, 3.8) is 0 Å². The minimum atomic E-state index is -0.242. The summed E-state index contributed by atoms with van der Waals surface area (Å²) >= 11 is 0. The highest BCUT2D eigenvalue weighted by molar-refractivity contribution is 5.83. The molecule has 0 atom stereocenters. The summed E-state index contributed by atoms with van der Waals surface area (Å²) in [6.07, 6.45) is 4.18. The highest BCUT2D eigenvalue weighted by Crippen LogP contribution is 2.40. The summed E-state index contributed by atoms with van der Waals surface area (Å²) in [7, 11) is 0. The number of carbonyl (C=O) groups excluding carboxylic acids is 1. The van der Waals surface area contributed by atoms with Crippen LogP contribution in [0.5, 0.6) is 0 Å². The average Bonchev–Trinajstić information content (AvgIpc) is 2.12. The lowest BCUT2D eigenvalue weighted by Crippen LogP contribution is -2.52. The first-order valence-electron chi connectivity index (χ1n) is 6.80. The molecule has 0 saturated heterocycles. The van der Waals surface area contributed by atoms with Crippen molar-refractivity contribution in [1.82, 2.24) is 5.32 Å². The quantitative estimate of drug-likeness (QED) is 0.748. The van der Waals surface area contributed by atoms with Gasteiger partial charge in [-0.1, -0.05) is 34.1 Å². The number of carbonyl (C=O) groups is 1. The van der Waals surface area contributed by atoms with E-state index in [1.54, 1.807) is 0 Å². The predicted octanol–water partition coefficient (Wildman–Crippen LogP) is 2.30. The molecule has 3 heteroatoms. The number of amides is 1. The van der Waals surface area contributed by atoms with E-state index in [1.807, 2.05) is 0 Å². The number of hydrogen-bond donors (Lipinski definition) is 2. The molecule has 0 spiro atoms. The highest BCUT2D eigenvalue weighted by Gasteiger charge is 2.42. The highest BCUT2D eigenvalue weighted by atomic mass is 16.2. The molecule has 100 valence electrons. The topological polar surface area (TPSA) is 55.1 Å². The van der Waals surface area contributed by atoms with E-state index in [0.717, 1.165) is 32.2 Å². The lowest BCUT2D eigenvalue weighted by molar-refractivity contribution is -0.135. The van der Waals surface area contributed by atoms with Crippen molar-refractivity contribution in [2.45, 2.75) is 53.4 Å². The summed E-state index contributed by atoms with van der Waals surface area (Å²) in [6, 6.07) is 0. The molecule has 0 radical (unpaired) electrons. The Bertz CT molecular complexity index is 262. The van der Waals surface area contributed by atoms with Gasteiger partial charge in [0.05, 0.1) is 5.41 Å². The van der Waals surface area contributed by atoms with Gasteiger partial charge in [-0.2, -0.15) is 0 Å². The average molecular weight is 240 g/mol. The number of nitrogens with two attached hydrogens (primary N) is 1. The second kappa shape index (κ2) is 5.38. The fourth-order valence-electron chi connectivity index (χ4n) is 2.81. The van der Waals surface area contributed by atoms with Crippen molar-refractivity contribution in [2.75, 3.05) is 13.1 Å². The van der Waals surface area contributed by atoms with Crippen LogP contribution in [0.2, 0.25) is 0 Å². The molecule has 17 heavy (non-hydrogen) atoms. The normalized spacial score (nSPS) is 18.9. The number of rotatable bonds is 6. The fourth-order valence-corrected chi connectivity index (χ4v) is 2.81. The van der Waals surface area contributed by atoms with Gasteiger partial charge in [-0.05, 0) is 30.6 Å². The van der Waals surface area contributed by atoms with Crippen molar-refractivity contribution >= 4 is 5.91 Å². The predicted molar refractivity (Wildman–Crippen MR) is 71.6 cm³/mol. The van der Waals surface area contributed by atoms with E-state index in [-0.39, 0.29) is 16.7 Å². The zero-order valence-corrected chi connectivity index (χ0v) is 11.8. The maximum Gasteiger partial charge on any atom is 0.227 e. The van der Waals surface area contributed by atoms with Crippen molar-refractivity contribution in [2.24, 2.45) is 22.5 Å². The third-order valence-corrected chi connectivity index (χ3v) is 3.87. The van der Waals surface area contributed by atoms with Crippen molar-refractivity contribution in [3.8, 4) is 0 Å². The maximum absolute atomic E-state index is 12.1. The lowest BCUT2D eigenvalue weighted by Gasteiger charge is -2.40. The molecule has 1 aliphatic carbocycles. The van der Waals surface area contributed by atoms with Crippen LogP contribution in [0.15, 0.2) is 0 Å². The molecule has 0 heterocycles. The molecule has 1 saturated carbocycles. The van der Waals surface area contributed by atoms with Crippen LogP contribution in [-0.4, -0.2) is 19.0 Å². The van der Waals surface area contributed by atoms with Gasteiger partial charge in [-0.3, -0.25) is 4.79 Å². The summed E-state index contributed by atoms with van der Waals surface area (Å²) < 4.78 is 0. The van der Waals surface area contributed by atoms with Gasteiger partial charge in [-0.15, -0.1) is 0 Å². The van der Waals surface area contributed by atoms with Gasteiger partial charge in [-0.25, -0.2) is 0 Å². The van der Waals surface area contributed by atoms with E-state index in [0.29, 0.717) is 12.5 Å². The molecular formula is C14H28N2O. The Hall–Kier alpha value is -0.570. The van der Waals surface area contributed by atoms with Gasteiger partial charge in [0, 0.05) is 13.1 Å². The van der Waals surface area contributed by atoms with Crippen LogP contribution in [-0.2, 0) is 4.79 Å². The summed E-state index contributed by atoms with van der Waals surface area (Å²) in [5.41, 5.74) is 5.66.